The first kappa shape index (κ1) is 14.2. The van der Waals surface area contributed by atoms with Crippen molar-refractivity contribution in [3.63, 3.8) is 0 Å². The van der Waals surface area contributed by atoms with E-state index in [1.54, 1.807) is 6.20 Å². The summed E-state index contributed by atoms with van der Waals surface area (Å²) in [5, 5.41) is 9.21. The SMILES string of the molecule is Cc1cc(C)c(-c2ccnc(C(C)(C)C#N)n2)cc1C. The molecule has 0 bridgehead atoms. The fourth-order valence-electron chi connectivity index (χ4n) is 2.10. The number of nitrogens with zero attached hydrogens (tertiary/aromatic N) is 3. The smallest absolute Gasteiger partial charge is 0.148 e. The summed E-state index contributed by atoms with van der Waals surface area (Å²) in [7, 11) is 0. The van der Waals surface area contributed by atoms with Crippen molar-refractivity contribution in [1.82, 2.24) is 9.97 Å². The van der Waals surface area contributed by atoms with Gasteiger partial charge in [-0.1, -0.05) is 6.07 Å². The number of aryl methyl sites for hydroxylation is 3. The Kier molecular flexibility index (Phi) is 3.59. The summed E-state index contributed by atoms with van der Waals surface area (Å²) in [5.74, 6) is 0.565. The van der Waals surface area contributed by atoms with E-state index >= 15 is 0 Å². The van der Waals surface area contributed by atoms with E-state index in [-0.39, 0.29) is 0 Å². The molecule has 2 aromatic rings. The van der Waals surface area contributed by atoms with Gasteiger partial charge in [-0.15, -0.1) is 0 Å². The van der Waals surface area contributed by atoms with Crippen LogP contribution in [-0.4, -0.2) is 9.97 Å². The summed E-state index contributed by atoms with van der Waals surface area (Å²) in [6.45, 7) is 9.95. The molecule has 3 nitrogen and oxygen atoms in total. The lowest BCUT2D eigenvalue weighted by molar-refractivity contribution is 0.630. The van der Waals surface area contributed by atoms with Crippen LogP contribution in [0.3, 0.4) is 0 Å². The van der Waals surface area contributed by atoms with E-state index in [0.717, 1.165) is 11.3 Å². The summed E-state index contributed by atoms with van der Waals surface area (Å²) in [5.41, 5.74) is 5.00. The minimum absolute atomic E-state index is 0.565. The Hall–Kier alpha value is -2.21. The summed E-state index contributed by atoms with van der Waals surface area (Å²) < 4.78 is 0. The minimum Gasteiger partial charge on any atom is -0.240 e. The zero-order chi connectivity index (χ0) is 14.9. The summed E-state index contributed by atoms with van der Waals surface area (Å²) in [6, 6.07) is 8.46. The molecule has 0 aliphatic rings. The second-order valence-corrected chi connectivity index (χ2v) is 5.75. The molecular formula is C17H19N3. The minimum atomic E-state index is -0.677. The van der Waals surface area contributed by atoms with E-state index < -0.39 is 5.41 Å². The molecule has 1 heterocycles. The third kappa shape index (κ3) is 2.55. The fraction of sp³-hybridized carbons (Fsp3) is 0.353. The zero-order valence-corrected chi connectivity index (χ0v) is 12.7. The molecule has 0 amide bonds. The molecular weight excluding hydrogens is 246 g/mol. The summed E-state index contributed by atoms with van der Waals surface area (Å²) in [6.07, 6.45) is 1.73. The van der Waals surface area contributed by atoms with Crippen molar-refractivity contribution in [2.45, 2.75) is 40.0 Å². The largest absolute Gasteiger partial charge is 0.240 e. The molecule has 102 valence electrons. The van der Waals surface area contributed by atoms with Gasteiger partial charge in [0, 0.05) is 11.8 Å². The third-order valence-corrected chi connectivity index (χ3v) is 3.61. The molecule has 0 saturated carbocycles. The number of rotatable bonds is 2. The van der Waals surface area contributed by atoms with Gasteiger partial charge in [-0.3, -0.25) is 0 Å². The van der Waals surface area contributed by atoms with Crippen molar-refractivity contribution in [3.05, 3.63) is 46.9 Å². The van der Waals surface area contributed by atoms with Crippen LogP contribution in [0.15, 0.2) is 24.4 Å². The van der Waals surface area contributed by atoms with Gasteiger partial charge in [-0.25, -0.2) is 9.97 Å². The Balaban J connectivity index is 2.58. The van der Waals surface area contributed by atoms with Crippen LogP contribution in [0.25, 0.3) is 11.3 Å². The normalized spacial score (nSPS) is 11.2. The molecule has 0 fully saturated rings. The quantitative estimate of drug-likeness (QED) is 0.828. The van der Waals surface area contributed by atoms with Gasteiger partial charge in [0.15, 0.2) is 0 Å². The number of aromatic nitrogens is 2. The highest BCUT2D eigenvalue weighted by Crippen LogP contribution is 2.26. The van der Waals surface area contributed by atoms with Crippen LogP contribution >= 0.6 is 0 Å². The molecule has 0 unspecified atom stereocenters. The molecule has 1 aromatic carbocycles. The Labute approximate surface area is 120 Å². The topological polar surface area (TPSA) is 49.6 Å². The van der Waals surface area contributed by atoms with E-state index in [2.05, 4.69) is 48.9 Å². The average molecular weight is 265 g/mol. The fourth-order valence-corrected chi connectivity index (χ4v) is 2.10. The van der Waals surface area contributed by atoms with Crippen molar-refractivity contribution in [2.24, 2.45) is 0 Å². The molecule has 1 aromatic heterocycles. The maximum Gasteiger partial charge on any atom is 0.148 e. The van der Waals surface area contributed by atoms with Gasteiger partial charge in [0.2, 0.25) is 0 Å². The standard InChI is InChI=1S/C17H19N3/c1-11-8-13(3)14(9-12(11)2)15-6-7-19-16(20-15)17(4,5)10-18/h6-9H,1-5H3. The first-order valence-electron chi connectivity index (χ1n) is 6.68. The molecule has 0 radical (unpaired) electrons. The highest BCUT2D eigenvalue weighted by Gasteiger charge is 2.23. The number of hydrogen-bond acceptors (Lipinski definition) is 3. The number of hydrogen-bond donors (Lipinski definition) is 0. The van der Waals surface area contributed by atoms with Crippen LogP contribution in [0, 0.1) is 32.1 Å². The van der Waals surface area contributed by atoms with E-state index in [0.29, 0.717) is 5.82 Å². The van der Waals surface area contributed by atoms with Crippen LogP contribution in [0.1, 0.15) is 36.4 Å². The van der Waals surface area contributed by atoms with Gasteiger partial charge in [0.05, 0.1) is 11.8 Å². The molecule has 20 heavy (non-hydrogen) atoms. The van der Waals surface area contributed by atoms with Crippen LogP contribution in [0.4, 0.5) is 0 Å². The summed E-state index contributed by atoms with van der Waals surface area (Å²) in [4.78, 5) is 8.83. The van der Waals surface area contributed by atoms with Crippen LogP contribution in [-0.2, 0) is 5.41 Å². The second kappa shape index (κ2) is 5.05. The zero-order valence-electron chi connectivity index (χ0n) is 12.7. The lowest BCUT2D eigenvalue weighted by Gasteiger charge is -2.15. The van der Waals surface area contributed by atoms with E-state index in [1.807, 2.05) is 19.9 Å². The highest BCUT2D eigenvalue weighted by atomic mass is 14.9. The first-order valence-corrected chi connectivity index (χ1v) is 6.68. The number of nitriles is 1. The van der Waals surface area contributed by atoms with E-state index in [4.69, 9.17) is 0 Å². The number of benzene rings is 1. The molecule has 2 rings (SSSR count). The van der Waals surface area contributed by atoms with Gasteiger partial charge in [-0.2, -0.15) is 5.26 Å². The average Bonchev–Trinajstić information content (AvgIpc) is 2.43. The van der Waals surface area contributed by atoms with E-state index in [9.17, 15) is 5.26 Å². The van der Waals surface area contributed by atoms with Crippen LogP contribution in [0.5, 0.6) is 0 Å². The first-order chi connectivity index (χ1) is 9.35. The van der Waals surface area contributed by atoms with Gasteiger partial charge in [-0.05, 0) is 63.4 Å². The third-order valence-electron chi connectivity index (χ3n) is 3.61. The molecule has 0 aliphatic carbocycles. The summed E-state index contributed by atoms with van der Waals surface area (Å²) >= 11 is 0. The predicted molar refractivity (Wildman–Crippen MR) is 80.3 cm³/mol. The Morgan fingerprint density at radius 3 is 2.35 bits per heavy atom. The molecule has 0 spiro atoms. The van der Waals surface area contributed by atoms with E-state index in [1.165, 1.54) is 16.7 Å². The Morgan fingerprint density at radius 2 is 1.70 bits per heavy atom. The Bertz CT molecular complexity index is 694. The Morgan fingerprint density at radius 1 is 1.05 bits per heavy atom. The maximum absolute atomic E-state index is 9.21. The molecule has 0 N–H and O–H groups in total. The second-order valence-electron chi connectivity index (χ2n) is 5.75. The monoisotopic (exact) mass is 265 g/mol. The van der Waals surface area contributed by atoms with Crippen molar-refractivity contribution >= 4 is 0 Å². The van der Waals surface area contributed by atoms with Gasteiger partial charge < -0.3 is 0 Å². The lowest BCUT2D eigenvalue weighted by atomic mass is 9.94. The van der Waals surface area contributed by atoms with Crippen molar-refractivity contribution in [1.29, 1.82) is 5.26 Å². The molecule has 0 saturated heterocycles. The van der Waals surface area contributed by atoms with Gasteiger partial charge >= 0.3 is 0 Å². The molecule has 3 heteroatoms. The lowest BCUT2D eigenvalue weighted by Crippen LogP contribution is -2.18. The van der Waals surface area contributed by atoms with Crippen molar-refractivity contribution in [3.8, 4) is 17.3 Å². The van der Waals surface area contributed by atoms with Crippen molar-refractivity contribution < 1.29 is 0 Å². The van der Waals surface area contributed by atoms with Crippen molar-refractivity contribution in [2.75, 3.05) is 0 Å². The maximum atomic E-state index is 9.21. The molecule has 0 aliphatic heterocycles. The van der Waals surface area contributed by atoms with Crippen LogP contribution < -0.4 is 0 Å². The van der Waals surface area contributed by atoms with Gasteiger partial charge in [0.1, 0.15) is 11.2 Å². The van der Waals surface area contributed by atoms with Gasteiger partial charge in [0.25, 0.3) is 0 Å². The van der Waals surface area contributed by atoms with Crippen LogP contribution in [0.2, 0.25) is 0 Å². The predicted octanol–water partition coefficient (Wildman–Crippen LogP) is 3.87. The molecule has 0 atom stereocenters. The highest BCUT2D eigenvalue weighted by molar-refractivity contribution is 5.65.